The molecule has 0 amide bonds. The number of fused-ring (bicyclic) bond motifs is 3. The van der Waals surface area contributed by atoms with E-state index < -0.39 is 17.1 Å². The first-order valence-corrected chi connectivity index (χ1v) is 13.5. The summed E-state index contributed by atoms with van der Waals surface area (Å²) in [5, 5.41) is 27.9. The quantitative estimate of drug-likeness (QED) is 0.260. The Kier molecular flexibility index (Phi) is 10.3. The summed E-state index contributed by atoms with van der Waals surface area (Å²) in [5.74, 6) is 0. The van der Waals surface area contributed by atoms with Crippen molar-refractivity contribution in [3.05, 3.63) is 82.3 Å². The smallest absolute Gasteiger partial charge is 0.380 e. The van der Waals surface area contributed by atoms with Crippen LogP contribution >= 0.6 is 0 Å². The molecule has 3 aliphatic carbocycles. The van der Waals surface area contributed by atoms with Crippen LogP contribution in [-0.4, -0.2) is 44.8 Å². The van der Waals surface area contributed by atoms with Crippen molar-refractivity contribution in [1.82, 2.24) is 29.1 Å². The molecule has 3 aromatic rings. The molecular weight excluding hydrogens is 560 g/mol. The Bertz CT molecular complexity index is 1380. The molecule has 0 unspecified atom stereocenters. The summed E-state index contributed by atoms with van der Waals surface area (Å²) in [6.07, 6.45) is 12.0. The Balaban J connectivity index is 0.000000163. The first-order chi connectivity index (χ1) is 18.6. The minimum atomic E-state index is -0.557. The number of hydrogen-bond donors (Lipinski definition) is 3. The van der Waals surface area contributed by atoms with Crippen molar-refractivity contribution in [2.75, 3.05) is 0 Å². The van der Waals surface area contributed by atoms with E-state index in [2.05, 4.69) is 15.0 Å². The van der Waals surface area contributed by atoms with E-state index in [-0.39, 0.29) is 17.1 Å². The van der Waals surface area contributed by atoms with Crippen LogP contribution in [0.5, 0.6) is 0 Å². The van der Waals surface area contributed by atoms with E-state index in [9.17, 15) is 30.0 Å². The molecule has 0 saturated heterocycles. The molecule has 3 heterocycles. The molecule has 3 aliphatic rings. The molecule has 0 spiro atoms. The molecule has 0 aliphatic heterocycles. The second kappa shape index (κ2) is 13.3. The van der Waals surface area contributed by atoms with Crippen LogP contribution in [0.2, 0.25) is 0 Å². The van der Waals surface area contributed by atoms with Crippen molar-refractivity contribution >= 4 is 0 Å². The van der Waals surface area contributed by atoms with Crippen molar-refractivity contribution in [3.63, 3.8) is 0 Å². The fraction of sp³-hybridized carbons (Fsp3) is 0.556. The summed E-state index contributed by atoms with van der Waals surface area (Å²) in [6.45, 7) is 5.27. The zero-order valence-electron chi connectivity index (χ0n) is 23.1. The van der Waals surface area contributed by atoms with Crippen molar-refractivity contribution < 1.29 is 32.7 Å². The van der Waals surface area contributed by atoms with Gasteiger partial charge in [0.1, 0.15) is 0 Å². The molecule has 0 aromatic carbocycles. The first-order valence-electron chi connectivity index (χ1n) is 13.5. The third kappa shape index (κ3) is 6.47. The van der Waals surface area contributed by atoms with Gasteiger partial charge in [-0.25, -0.2) is 14.4 Å². The molecule has 13 heteroatoms. The predicted octanol–water partition coefficient (Wildman–Crippen LogP) is 2.00. The second-order valence-electron chi connectivity index (χ2n) is 10.3. The van der Waals surface area contributed by atoms with Crippen molar-refractivity contribution in [2.24, 2.45) is 0 Å². The third-order valence-corrected chi connectivity index (χ3v) is 7.81. The van der Waals surface area contributed by atoms with Gasteiger partial charge >= 0.3 is 17.1 Å². The fourth-order valence-electron chi connectivity index (χ4n) is 5.51. The number of aromatic nitrogens is 6. The van der Waals surface area contributed by atoms with Crippen molar-refractivity contribution in [1.29, 1.82) is 0 Å². The zero-order chi connectivity index (χ0) is 28.3. The minimum Gasteiger partial charge on any atom is -0.424 e. The van der Waals surface area contributed by atoms with E-state index in [4.69, 9.17) is 0 Å². The first kappa shape index (κ1) is 31.1. The van der Waals surface area contributed by atoms with Crippen LogP contribution in [0.25, 0.3) is 0 Å². The number of nitrogens with zero attached hydrogens (tertiary/aromatic N) is 6. The van der Waals surface area contributed by atoms with E-state index >= 15 is 0 Å². The Morgan fingerprint density at radius 1 is 0.475 bits per heavy atom. The maximum Gasteiger partial charge on any atom is 0.380 e. The van der Waals surface area contributed by atoms with E-state index in [1.165, 1.54) is 0 Å². The van der Waals surface area contributed by atoms with E-state index in [0.717, 1.165) is 111 Å². The van der Waals surface area contributed by atoms with Crippen LogP contribution in [0.1, 0.15) is 89.4 Å². The van der Waals surface area contributed by atoms with Crippen LogP contribution in [0.4, 0.5) is 0 Å². The standard InChI is InChI=1S/3C9H12N2O2.Fe/c3*1-6-7-4-2-3-5-8(7)10-9(12)11(6)13;/h3*13H,2-5H2,1H3;. The van der Waals surface area contributed by atoms with Gasteiger partial charge in [0.05, 0.1) is 34.2 Å². The van der Waals surface area contributed by atoms with Crippen LogP contribution in [0.15, 0.2) is 14.4 Å². The molecule has 40 heavy (non-hydrogen) atoms. The Hall–Kier alpha value is -3.44. The van der Waals surface area contributed by atoms with E-state index in [1.807, 2.05) is 0 Å². The summed E-state index contributed by atoms with van der Waals surface area (Å²) in [4.78, 5) is 44.8. The van der Waals surface area contributed by atoms with Gasteiger partial charge < -0.3 is 15.6 Å². The molecule has 218 valence electrons. The minimum absolute atomic E-state index is 0. The summed E-state index contributed by atoms with van der Waals surface area (Å²) < 4.78 is 1.93. The molecule has 3 aromatic heterocycles. The number of aryl methyl sites for hydroxylation is 3. The zero-order valence-corrected chi connectivity index (χ0v) is 24.2. The van der Waals surface area contributed by atoms with Crippen LogP contribution in [0.3, 0.4) is 0 Å². The van der Waals surface area contributed by atoms with Crippen molar-refractivity contribution in [3.8, 4) is 0 Å². The molecule has 0 radical (unpaired) electrons. The Morgan fingerprint density at radius 2 is 0.700 bits per heavy atom. The van der Waals surface area contributed by atoms with Gasteiger partial charge in [0.15, 0.2) is 0 Å². The van der Waals surface area contributed by atoms with E-state index in [0.29, 0.717) is 31.3 Å². The summed E-state index contributed by atoms with van der Waals surface area (Å²) in [5.41, 5.74) is 6.04. The van der Waals surface area contributed by atoms with Gasteiger partial charge in [0.2, 0.25) is 0 Å². The second-order valence-corrected chi connectivity index (χ2v) is 10.3. The molecule has 3 N–H and O–H groups in total. The molecular formula is C27H36FeN6O6. The maximum atomic E-state index is 11.1. The van der Waals surface area contributed by atoms with Crippen LogP contribution in [-0.2, 0) is 55.6 Å². The maximum absolute atomic E-state index is 11.1. The van der Waals surface area contributed by atoms with E-state index in [1.54, 1.807) is 20.8 Å². The van der Waals surface area contributed by atoms with Gasteiger partial charge in [-0.15, -0.1) is 14.2 Å². The monoisotopic (exact) mass is 596 g/mol. The van der Waals surface area contributed by atoms with Gasteiger partial charge in [-0.1, -0.05) is 0 Å². The SMILES string of the molecule is Cc1c2c(nc(=O)n1O)CCCC2.Cc1c2c(nc(=O)n1O)CCCC2.Cc1c2c(nc(=O)n1O)CCCC2.[Fe]. The molecule has 0 saturated carbocycles. The van der Waals surface area contributed by atoms with Crippen LogP contribution < -0.4 is 17.1 Å². The van der Waals surface area contributed by atoms with Gasteiger partial charge in [0, 0.05) is 17.1 Å². The molecule has 6 rings (SSSR count). The molecule has 0 atom stereocenters. The van der Waals surface area contributed by atoms with Gasteiger partial charge in [0.25, 0.3) is 0 Å². The Morgan fingerprint density at radius 3 is 0.950 bits per heavy atom. The number of rotatable bonds is 0. The molecule has 0 bridgehead atoms. The van der Waals surface area contributed by atoms with Gasteiger partial charge in [-0.3, -0.25) is 0 Å². The normalized spacial score (nSPS) is 15.1. The number of hydrogen-bond acceptors (Lipinski definition) is 9. The summed E-state index contributed by atoms with van der Waals surface area (Å²) in [6, 6.07) is 0. The third-order valence-electron chi connectivity index (χ3n) is 7.81. The van der Waals surface area contributed by atoms with Crippen LogP contribution in [0, 0.1) is 20.8 Å². The van der Waals surface area contributed by atoms with Gasteiger partial charge in [-0.2, -0.15) is 15.0 Å². The predicted molar refractivity (Wildman–Crippen MR) is 141 cm³/mol. The molecule has 12 nitrogen and oxygen atoms in total. The largest absolute Gasteiger partial charge is 0.424 e. The summed E-state index contributed by atoms with van der Waals surface area (Å²) in [7, 11) is 0. The Labute approximate surface area is 241 Å². The topological polar surface area (TPSA) is 165 Å². The summed E-state index contributed by atoms with van der Waals surface area (Å²) >= 11 is 0. The molecule has 0 fully saturated rings. The fourth-order valence-corrected chi connectivity index (χ4v) is 5.51. The average Bonchev–Trinajstić information content (AvgIpc) is 2.94. The average molecular weight is 596 g/mol. The van der Waals surface area contributed by atoms with Crippen molar-refractivity contribution in [2.45, 2.75) is 97.8 Å². The van der Waals surface area contributed by atoms with Gasteiger partial charge in [-0.05, 0) is 115 Å².